The normalized spacial score (nSPS) is 18.7. The lowest BCUT2D eigenvalue weighted by Crippen LogP contribution is -2.22. The second-order valence-corrected chi connectivity index (χ2v) is 10.2. The molecule has 1 aromatic carbocycles. The molecule has 1 aliphatic carbocycles. The number of allylic oxidation sites excluding steroid dienone is 2. The Hall–Kier alpha value is -1.75. The van der Waals surface area contributed by atoms with E-state index in [1.165, 1.54) is 12.5 Å². The van der Waals surface area contributed by atoms with Crippen LogP contribution >= 0.6 is 15.9 Å². The van der Waals surface area contributed by atoms with Gasteiger partial charge in [-0.15, -0.1) is 0 Å². The minimum absolute atomic E-state index is 0.0118. The molecule has 2 atom stereocenters. The predicted molar refractivity (Wildman–Crippen MR) is 135 cm³/mol. The van der Waals surface area contributed by atoms with Crippen molar-refractivity contribution in [2.75, 3.05) is 26.2 Å². The van der Waals surface area contributed by atoms with Crippen molar-refractivity contribution in [2.24, 2.45) is 5.92 Å². The highest BCUT2D eigenvalue weighted by Crippen LogP contribution is 2.48. The maximum Gasteiger partial charge on any atom is 0.302 e. The Morgan fingerprint density at radius 3 is 2.28 bits per heavy atom. The Labute approximate surface area is 202 Å². The Morgan fingerprint density at radius 1 is 1.16 bits per heavy atom. The topological polar surface area (TPSA) is 44.8 Å². The van der Waals surface area contributed by atoms with E-state index in [-0.39, 0.29) is 23.2 Å². The highest BCUT2D eigenvalue weighted by Gasteiger charge is 2.33. The number of methoxy groups -OCH3 is 2. The predicted octanol–water partition coefficient (Wildman–Crippen LogP) is 7.11. The maximum atomic E-state index is 11.3. The molecule has 0 aliphatic heterocycles. The standard InChI is InChI=1S/C27H39BrO4/c1-18(2)22-11-10-20(17-32-19(3)29)14-23(22)26-24(30-6)15-21(16-25(26)31-7)27(4,5)12-8-9-13-28/h14-16,22-23H,1,8-13,17H2,2-7H3/t22-,23+/m1/s1. The molecular weight excluding hydrogens is 468 g/mol. The summed E-state index contributed by atoms with van der Waals surface area (Å²) in [5.41, 5.74) is 4.55. The van der Waals surface area contributed by atoms with Crippen LogP contribution in [0.2, 0.25) is 0 Å². The third kappa shape index (κ3) is 6.63. The summed E-state index contributed by atoms with van der Waals surface area (Å²) < 4.78 is 17.2. The highest BCUT2D eigenvalue weighted by molar-refractivity contribution is 9.09. The monoisotopic (exact) mass is 506 g/mol. The van der Waals surface area contributed by atoms with Gasteiger partial charge >= 0.3 is 5.97 Å². The van der Waals surface area contributed by atoms with Gasteiger partial charge in [0.05, 0.1) is 14.2 Å². The number of carbonyl (C=O) groups is 1. The van der Waals surface area contributed by atoms with Crippen LogP contribution in [0.3, 0.4) is 0 Å². The van der Waals surface area contributed by atoms with Gasteiger partial charge in [-0.2, -0.15) is 0 Å². The summed E-state index contributed by atoms with van der Waals surface area (Å²) in [6, 6.07) is 4.35. The molecule has 0 amide bonds. The van der Waals surface area contributed by atoms with Crippen LogP contribution < -0.4 is 9.47 Å². The van der Waals surface area contributed by atoms with E-state index in [9.17, 15) is 4.79 Å². The first-order valence-electron chi connectivity index (χ1n) is 11.4. The van der Waals surface area contributed by atoms with Gasteiger partial charge in [0, 0.05) is 23.7 Å². The molecule has 0 aromatic heterocycles. The average molecular weight is 508 g/mol. The molecule has 0 bridgehead atoms. The van der Waals surface area contributed by atoms with Gasteiger partial charge in [0.15, 0.2) is 0 Å². The van der Waals surface area contributed by atoms with Gasteiger partial charge in [-0.25, -0.2) is 0 Å². The maximum absolute atomic E-state index is 11.3. The average Bonchev–Trinajstić information content (AvgIpc) is 2.76. The van der Waals surface area contributed by atoms with Crippen LogP contribution in [-0.2, 0) is 14.9 Å². The minimum atomic E-state index is -0.258. The molecule has 0 saturated heterocycles. The van der Waals surface area contributed by atoms with Crippen LogP contribution in [0.4, 0.5) is 0 Å². The number of rotatable bonds is 11. The zero-order valence-electron chi connectivity index (χ0n) is 20.6. The van der Waals surface area contributed by atoms with E-state index in [1.54, 1.807) is 14.2 Å². The van der Waals surface area contributed by atoms with Crippen LogP contribution in [0.25, 0.3) is 0 Å². The second-order valence-electron chi connectivity index (χ2n) is 9.45. The lowest BCUT2D eigenvalue weighted by atomic mass is 9.72. The molecule has 1 aromatic rings. The van der Waals surface area contributed by atoms with Crippen molar-refractivity contribution in [1.29, 1.82) is 0 Å². The Morgan fingerprint density at radius 2 is 1.78 bits per heavy atom. The van der Waals surface area contributed by atoms with Crippen molar-refractivity contribution >= 4 is 21.9 Å². The molecule has 0 fully saturated rings. The van der Waals surface area contributed by atoms with Gasteiger partial charge in [-0.3, -0.25) is 4.79 Å². The number of halogens is 1. The zero-order chi connectivity index (χ0) is 23.9. The zero-order valence-corrected chi connectivity index (χ0v) is 22.1. The van der Waals surface area contributed by atoms with Crippen molar-refractivity contribution in [1.82, 2.24) is 0 Å². The van der Waals surface area contributed by atoms with Gasteiger partial charge < -0.3 is 14.2 Å². The summed E-state index contributed by atoms with van der Waals surface area (Å²) in [4.78, 5) is 11.3. The summed E-state index contributed by atoms with van der Waals surface area (Å²) in [5.74, 6) is 1.76. The van der Waals surface area contributed by atoms with E-state index in [0.29, 0.717) is 6.61 Å². The minimum Gasteiger partial charge on any atom is -0.496 e. The lowest BCUT2D eigenvalue weighted by Gasteiger charge is -2.34. The number of esters is 1. The molecule has 178 valence electrons. The molecule has 5 heteroatoms. The van der Waals surface area contributed by atoms with Gasteiger partial charge in [0.2, 0.25) is 0 Å². The van der Waals surface area contributed by atoms with E-state index in [2.05, 4.69) is 61.5 Å². The van der Waals surface area contributed by atoms with Crippen LogP contribution in [0.5, 0.6) is 11.5 Å². The molecule has 0 N–H and O–H groups in total. The molecule has 0 saturated carbocycles. The first-order chi connectivity index (χ1) is 15.1. The number of carbonyl (C=O) groups excluding carboxylic acids is 1. The Balaban J connectivity index is 2.53. The summed E-state index contributed by atoms with van der Waals surface area (Å²) in [5, 5.41) is 1.03. The van der Waals surface area contributed by atoms with Crippen LogP contribution in [0.1, 0.15) is 76.8 Å². The largest absolute Gasteiger partial charge is 0.496 e. The van der Waals surface area contributed by atoms with Crippen molar-refractivity contribution in [3.63, 3.8) is 0 Å². The quantitative estimate of drug-likeness (QED) is 0.139. The van der Waals surface area contributed by atoms with E-state index in [1.807, 2.05) is 0 Å². The van der Waals surface area contributed by atoms with E-state index in [4.69, 9.17) is 14.2 Å². The number of unbranched alkanes of at least 4 members (excludes halogenated alkanes) is 1. The van der Waals surface area contributed by atoms with Crippen molar-refractivity contribution in [3.8, 4) is 11.5 Å². The molecule has 4 nitrogen and oxygen atoms in total. The first-order valence-corrected chi connectivity index (χ1v) is 12.6. The summed E-state index contributed by atoms with van der Waals surface area (Å²) in [7, 11) is 3.45. The fourth-order valence-corrected chi connectivity index (χ4v) is 4.99. The Kier molecular flexibility index (Phi) is 9.87. The fourth-order valence-electron chi connectivity index (χ4n) is 4.59. The molecule has 2 rings (SSSR count). The number of alkyl halides is 1. The summed E-state index contributed by atoms with van der Waals surface area (Å²) >= 11 is 3.53. The first kappa shape index (κ1) is 26.5. The highest BCUT2D eigenvalue weighted by atomic mass is 79.9. The van der Waals surface area contributed by atoms with Gasteiger partial charge in [0.25, 0.3) is 0 Å². The van der Waals surface area contributed by atoms with Gasteiger partial charge in [0.1, 0.15) is 18.1 Å². The number of benzene rings is 1. The fraction of sp³-hybridized carbons (Fsp3) is 0.593. The molecule has 0 radical (unpaired) electrons. The molecule has 0 unspecified atom stereocenters. The van der Waals surface area contributed by atoms with E-state index in [0.717, 1.165) is 65.6 Å². The SMILES string of the molecule is C=C(C)[C@H]1CCC(COC(C)=O)=C[C@@H]1c1c(OC)cc(C(C)(C)CCCCBr)cc1OC. The third-order valence-corrected chi connectivity index (χ3v) is 7.12. The summed E-state index contributed by atoms with van der Waals surface area (Å²) in [6.07, 6.45) is 7.49. The van der Waals surface area contributed by atoms with Gasteiger partial charge in [-0.1, -0.05) is 54.4 Å². The number of hydrogen-bond donors (Lipinski definition) is 0. The van der Waals surface area contributed by atoms with Crippen molar-refractivity contribution in [3.05, 3.63) is 47.1 Å². The van der Waals surface area contributed by atoms with E-state index >= 15 is 0 Å². The van der Waals surface area contributed by atoms with Crippen LogP contribution in [0, 0.1) is 5.92 Å². The third-order valence-electron chi connectivity index (χ3n) is 6.56. The Bertz CT molecular complexity index is 815. The molecule has 1 aliphatic rings. The second kappa shape index (κ2) is 11.9. The van der Waals surface area contributed by atoms with Gasteiger partial charge in [-0.05, 0) is 67.2 Å². The molecule has 32 heavy (non-hydrogen) atoms. The van der Waals surface area contributed by atoms with Crippen LogP contribution in [-0.4, -0.2) is 32.1 Å². The van der Waals surface area contributed by atoms with E-state index < -0.39 is 0 Å². The lowest BCUT2D eigenvalue weighted by molar-refractivity contribution is -0.140. The van der Waals surface area contributed by atoms with Crippen molar-refractivity contribution < 1.29 is 19.0 Å². The summed E-state index contributed by atoms with van der Waals surface area (Å²) in [6.45, 7) is 12.7. The number of hydrogen-bond acceptors (Lipinski definition) is 4. The smallest absolute Gasteiger partial charge is 0.302 e. The molecule has 0 spiro atoms. The number of ether oxygens (including phenoxy) is 3. The van der Waals surface area contributed by atoms with Crippen molar-refractivity contribution in [2.45, 2.75) is 71.1 Å². The molecule has 0 heterocycles. The molecular formula is C27H39BrO4. The van der Waals surface area contributed by atoms with Crippen LogP contribution in [0.15, 0.2) is 35.9 Å².